The van der Waals surface area contributed by atoms with Crippen molar-refractivity contribution in [2.75, 3.05) is 19.0 Å². The van der Waals surface area contributed by atoms with E-state index in [9.17, 15) is 0 Å². The fourth-order valence-corrected chi connectivity index (χ4v) is 3.48. The van der Waals surface area contributed by atoms with E-state index < -0.39 is 0 Å². The van der Waals surface area contributed by atoms with Crippen LogP contribution in [-0.2, 0) is 12.8 Å². The van der Waals surface area contributed by atoms with Gasteiger partial charge in [-0.25, -0.2) is 4.68 Å². The molecule has 0 saturated carbocycles. The first-order chi connectivity index (χ1) is 12.2. The van der Waals surface area contributed by atoms with Crippen LogP contribution in [0.25, 0.3) is 5.69 Å². The molecule has 0 radical (unpaired) electrons. The van der Waals surface area contributed by atoms with Crippen molar-refractivity contribution in [1.29, 1.82) is 0 Å². The van der Waals surface area contributed by atoms with E-state index >= 15 is 0 Å². The average molecular weight is 354 g/mol. The van der Waals surface area contributed by atoms with Gasteiger partial charge in [0.1, 0.15) is 11.6 Å². The van der Waals surface area contributed by atoms with E-state index in [-0.39, 0.29) is 0 Å². The molecule has 0 spiro atoms. The highest BCUT2D eigenvalue weighted by atomic mass is 35.5. The maximum atomic E-state index is 6.21. The second-order valence-electron chi connectivity index (χ2n) is 6.32. The summed E-state index contributed by atoms with van der Waals surface area (Å²) < 4.78 is 7.24. The maximum Gasteiger partial charge on any atom is 0.133 e. The van der Waals surface area contributed by atoms with Crippen LogP contribution in [0, 0.1) is 6.92 Å². The average Bonchev–Trinajstić information content (AvgIpc) is 3.22. The number of hydrogen-bond donors (Lipinski definition) is 1. The van der Waals surface area contributed by atoms with E-state index in [1.165, 1.54) is 11.1 Å². The number of ether oxygens (including phenoxy) is 1. The molecule has 4 nitrogen and oxygen atoms in total. The molecule has 0 amide bonds. The fourth-order valence-electron chi connectivity index (χ4n) is 3.31. The Balaban J connectivity index is 1.73. The van der Waals surface area contributed by atoms with Crippen LogP contribution < -0.4 is 10.1 Å². The van der Waals surface area contributed by atoms with Gasteiger partial charge in [-0.05, 0) is 48.7 Å². The molecule has 2 heterocycles. The van der Waals surface area contributed by atoms with Crippen LogP contribution in [0.1, 0.15) is 22.4 Å². The second-order valence-corrected chi connectivity index (χ2v) is 6.75. The third-order valence-corrected chi connectivity index (χ3v) is 4.90. The summed E-state index contributed by atoms with van der Waals surface area (Å²) in [6, 6.07) is 14.1. The van der Waals surface area contributed by atoms with Gasteiger partial charge in [0.2, 0.25) is 0 Å². The van der Waals surface area contributed by atoms with Crippen molar-refractivity contribution in [2.24, 2.45) is 0 Å². The normalized spacial score (nSPS) is 12.8. The molecule has 0 unspecified atom stereocenters. The monoisotopic (exact) mass is 353 g/mol. The van der Waals surface area contributed by atoms with Gasteiger partial charge in [0.25, 0.3) is 0 Å². The number of nitrogens with zero attached hydrogens (tertiary/aromatic N) is 2. The molecule has 1 N–H and O–H groups in total. The summed E-state index contributed by atoms with van der Waals surface area (Å²) in [5, 5.41) is 9.10. The Kier molecular flexibility index (Phi) is 4.14. The molecule has 25 heavy (non-hydrogen) atoms. The van der Waals surface area contributed by atoms with Gasteiger partial charge in [-0.3, -0.25) is 0 Å². The molecule has 0 bridgehead atoms. The summed E-state index contributed by atoms with van der Waals surface area (Å²) in [6.45, 7) is 3.03. The zero-order chi connectivity index (χ0) is 17.4. The van der Waals surface area contributed by atoms with Gasteiger partial charge in [0.05, 0.1) is 18.5 Å². The van der Waals surface area contributed by atoms with E-state index in [0.29, 0.717) is 0 Å². The quantitative estimate of drug-likeness (QED) is 0.755. The highest BCUT2D eigenvalue weighted by Crippen LogP contribution is 2.32. The van der Waals surface area contributed by atoms with Crippen molar-refractivity contribution >= 4 is 17.4 Å². The number of fused-ring (bicyclic) bond motifs is 1. The van der Waals surface area contributed by atoms with Crippen LogP contribution in [0.4, 0.5) is 5.82 Å². The minimum Gasteiger partial charge on any atom is -0.497 e. The number of rotatable bonds is 4. The molecule has 1 aromatic heterocycles. The Morgan fingerprint density at radius 2 is 2.00 bits per heavy atom. The Bertz CT molecular complexity index is 915. The van der Waals surface area contributed by atoms with Crippen LogP contribution in [0.5, 0.6) is 5.75 Å². The summed E-state index contributed by atoms with van der Waals surface area (Å²) in [5.74, 6) is 1.96. The van der Waals surface area contributed by atoms with Gasteiger partial charge in [-0.1, -0.05) is 29.8 Å². The third kappa shape index (κ3) is 2.98. The lowest BCUT2D eigenvalue weighted by atomic mass is 10.1. The summed E-state index contributed by atoms with van der Waals surface area (Å²) in [5.41, 5.74) is 5.82. The van der Waals surface area contributed by atoms with Crippen LogP contribution in [0.15, 0.2) is 42.5 Å². The van der Waals surface area contributed by atoms with Crippen LogP contribution >= 0.6 is 11.6 Å². The predicted molar refractivity (Wildman–Crippen MR) is 101 cm³/mol. The van der Waals surface area contributed by atoms with Crippen molar-refractivity contribution in [3.8, 4) is 11.4 Å². The lowest BCUT2D eigenvalue weighted by Crippen LogP contribution is -2.06. The number of hydrogen-bond acceptors (Lipinski definition) is 3. The van der Waals surface area contributed by atoms with Gasteiger partial charge in [0.15, 0.2) is 0 Å². The number of halogens is 1. The summed E-state index contributed by atoms with van der Waals surface area (Å²) in [6.07, 6.45) is 1.81. The standard InChI is InChI=1S/C20H20ClN3O/c1-13-3-6-15(21)12-19(13)24-20-17(9-10-22-20)18(23-24)11-14-4-7-16(25-2)8-5-14/h3-8,12,22H,9-11H2,1-2H3. The molecule has 1 aliphatic heterocycles. The molecule has 0 atom stereocenters. The Labute approximate surface area is 152 Å². The molecular weight excluding hydrogens is 334 g/mol. The first kappa shape index (κ1) is 16.0. The van der Waals surface area contributed by atoms with Crippen LogP contribution in [0.3, 0.4) is 0 Å². The molecule has 5 heteroatoms. The van der Waals surface area contributed by atoms with E-state index in [1.807, 2.05) is 35.0 Å². The summed E-state index contributed by atoms with van der Waals surface area (Å²) in [4.78, 5) is 0. The molecule has 1 aliphatic rings. The SMILES string of the molecule is COc1ccc(Cc2nn(-c3cc(Cl)ccc3C)c3c2CCN3)cc1. The lowest BCUT2D eigenvalue weighted by molar-refractivity contribution is 0.414. The Morgan fingerprint density at radius 3 is 2.76 bits per heavy atom. The topological polar surface area (TPSA) is 39.1 Å². The number of methoxy groups -OCH3 is 1. The van der Waals surface area contributed by atoms with Crippen LogP contribution in [-0.4, -0.2) is 23.4 Å². The molecular formula is C20H20ClN3O. The Morgan fingerprint density at radius 1 is 1.20 bits per heavy atom. The van der Waals surface area contributed by atoms with Gasteiger partial charge in [0, 0.05) is 23.6 Å². The smallest absolute Gasteiger partial charge is 0.133 e. The molecule has 0 saturated heterocycles. The van der Waals surface area contributed by atoms with E-state index in [1.54, 1.807) is 7.11 Å². The minimum atomic E-state index is 0.722. The molecule has 4 rings (SSSR count). The Hall–Kier alpha value is -2.46. The highest BCUT2D eigenvalue weighted by Gasteiger charge is 2.23. The number of benzene rings is 2. The van der Waals surface area contributed by atoms with Gasteiger partial charge in [-0.15, -0.1) is 0 Å². The predicted octanol–water partition coefficient (Wildman–Crippen LogP) is 4.40. The number of aryl methyl sites for hydroxylation is 1. The first-order valence-corrected chi connectivity index (χ1v) is 8.77. The molecule has 3 aromatic rings. The van der Waals surface area contributed by atoms with Gasteiger partial charge in [-0.2, -0.15) is 5.10 Å². The van der Waals surface area contributed by atoms with Gasteiger partial charge < -0.3 is 10.1 Å². The molecule has 0 fully saturated rings. The van der Waals surface area contributed by atoms with Crippen molar-refractivity contribution in [3.63, 3.8) is 0 Å². The van der Waals surface area contributed by atoms with Crippen molar-refractivity contribution in [2.45, 2.75) is 19.8 Å². The second kappa shape index (κ2) is 6.45. The maximum absolute atomic E-state index is 6.21. The number of nitrogens with one attached hydrogen (secondary N) is 1. The third-order valence-electron chi connectivity index (χ3n) is 4.66. The largest absolute Gasteiger partial charge is 0.497 e. The van der Waals surface area contributed by atoms with Crippen molar-refractivity contribution in [3.05, 3.63) is 69.9 Å². The highest BCUT2D eigenvalue weighted by molar-refractivity contribution is 6.30. The molecule has 128 valence electrons. The first-order valence-electron chi connectivity index (χ1n) is 8.40. The fraction of sp³-hybridized carbons (Fsp3) is 0.250. The zero-order valence-corrected chi connectivity index (χ0v) is 15.1. The number of aromatic nitrogens is 2. The molecule has 0 aliphatic carbocycles. The van der Waals surface area contributed by atoms with Crippen LogP contribution in [0.2, 0.25) is 5.02 Å². The number of anilines is 1. The summed E-state index contributed by atoms with van der Waals surface area (Å²) in [7, 11) is 1.68. The van der Waals surface area contributed by atoms with E-state index in [4.69, 9.17) is 21.4 Å². The summed E-state index contributed by atoms with van der Waals surface area (Å²) >= 11 is 6.21. The van der Waals surface area contributed by atoms with E-state index in [2.05, 4.69) is 24.4 Å². The molecule has 2 aromatic carbocycles. The zero-order valence-electron chi connectivity index (χ0n) is 14.3. The van der Waals surface area contributed by atoms with Gasteiger partial charge >= 0.3 is 0 Å². The lowest BCUT2D eigenvalue weighted by Gasteiger charge is -2.10. The van der Waals surface area contributed by atoms with Crippen molar-refractivity contribution < 1.29 is 4.74 Å². The minimum absolute atomic E-state index is 0.722. The van der Waals surface area contributed by atoms with E-state index in [0.717, 1.165) is 52.9 Å². The van der Waals surface area contributed by atoms with Crippen molar-refractivity contribution in [1.82, 2.24) is 9.78 Å².